The standard InChI is InChI=1S/C16H19ClN4O3/c1-16(2)7-10(9-6-8(23-3)4-5-11(9)24-16)19-15(22)13-12(17)14(18)21-20-13/h4-6,10H,7H2,1-3H3,(H,19,22)(H3,18,20,21)/t10-/m0/s1. The Labute approximate surface area is 144 Å². The zero-order valence-electron chi connectivity index (χ0n) is 13.6. The number of hydrogen-bond acceptors (Lipinski definition) is 5. The number of aromatic amines is 1. The van der Waals surface area contributed by atoms with Crippen LogP contribution in [0.25, 0.3) is 0 Å². The van der Waals surface area contributed by atoms with Crippen molar-refractivity contribution in [2.45, 2.75) is 31.9 Å². The lowest BCUT2D eigenvalue weighted by molar-refractivity contribution is 0.0616. The Kier molecular flexibility index (Phi) is 4.04. The molecule has 1 aromatic heterocycles. The van der Waals surface area contributed by atoms with Gasteiger partial charge < -0.3 is 20.5 Å². The van der Waals surface area contributed by atoms with E-state index in [4.69, 9.17) is 26.8 Å². The second kappa shape index (κ2) is 5.90. The average Bonchev–Trinajstić information content (AvgIpc) is 2.85. The Morgan fingerprint density at radius 2 is 2.29 bits per heavy atom. The van der Waals surface area contributed by atoms with Gasteiger partial charge in [-0.2, -0.15) is 5.10 Å². The third kappa shape index (κ3) is 2.99. The SMILES string of the molecule is COc1ccc2c(c1)[C@@H](NC(=O)c1[nH]nc(N)c1Cl)CC(C)(C)O2. The van der Waals surface area contributed by atoms with Crippen molar-refractivity contribution in [1.82, 2.24) is 15.5 Å². The number of benzene rings is 1. The van der Waals surface area contributed by atoms with Crippen molar-refractivity contribution >= 4 is 23.3 Å². The number of rotatable bonds is 3. The fourth-order valence-electron chi connectivity index (χ4n) is 2.81. The van der Waals surface area contributed by atoms with E-state index >= 15 is 0 Å². The molecule has 0 spiro atoms. The van der Waals surface area contributed by atoms with Crippen LogP contribution in [0.3, 0.4) is 0 Å². The lowest BCUT2D eigenvalue weighted by Gasteiger charge is -2.38. The van der Waals surface area contributed by atoms with Gasteiger partial charge in [-0.25, -0.2) is 0 Å². The summed E-state index contributed by atoms with van der Waals surface area (Å²) >= 11 is 6.00. The monoisotopic (exact) mass is 350 g/mol. The van der Waals surface area contributed by atoms with E-state index in [1.165, 1.54) is 0 Å². The van der Waals surface area contributed by atoms with Gasteiger partial charge in [0, 0.05) is 12.0 Å². The Morgan fingerprint density at radius 3 is 2.92 bits per heavy atom. The lowest BCUT2D eigenvalue weighted by Crippen LogP contribution is -2.41. The highest BCUT2D eigenvalue weighted by atomic mass is 35.5. The Balaban J connectivity index is 1.92. The molecule has 0 bridgehead atoms. The molecule has 0 radical (unpaired) electrons. The molecule has 1 amide bonds. The van der Waals surface area contributed by atoms with Crippen LogP contribution in [0.1, 0.15) is 42.4 Å². The van der Waals surface area contributed by atoms with Gasteiger partial charge in [-0.1, -0.05) is 11.6 Å². The van der Waals surface area contributed by atoms with Gasteiger partial charge in [0.15, 0.2) is 5.82 Å². The Morgan fingerprint density at radius 1 is 1.54 bits per heavy atom. The highest BCUT2D eigenvalue weighted by Gasteiger charge is 2.35. The number of halogens is 1. The third-order valence-electron chi connectivity index (χ3n) is 3.94. The van der Waals surface area contributed by atoms with Crippen molar-refractivity contribution < 1.29 is 14.3 Å². The van der Waals surface area contributed by atoms with Gasteiger partial charge in [0.25, 0.3) is 5.91 Å². The molecule has 4 N–H and O–H groups in total. The Hall–Kier alpha value is -2.41. The van der Waals surface area contributed by atoms with Crippen molar-refractivity contribution in [2.24, 2.45) is 0 Å². The molecule has 0 saturated heterocycles. The minimum absolute atomic E-state index is 0.0937. The number of hydrogen-bond donors (Lipinski definition) is 3. The summed E-state index contributed by atoms with van der Waals surface area (Å²) in [5, 5.41) is 9.38. The van der Waals surface area contributed by atoms with Crippen LogP contribution in [0, 0.1) is 0 Å². The molecule has 1 atom stereocenters. The number of nitrogens with zero attached hydrogens (tertiary/aromatic N) is 1. The van der Waals surface area contributed by atoms with E-state index in [0.29, 0.717) is 17.9 Å². The number of nitrogen functional groups attached to an aromatic ring is 1. The summed E-state index contributed by atoms with van der Waals surface area (Å²) in [6.07, 6.45) is 0.597. The maximum absolute atomic E-state index is 12.5. The van der Waals surface area contributed by atoms with E-state index in [2.05, 4.69) is 15.5 Å². The number of methoxy groups -OCH3 is 1. The van der Waals surface area contributed by atoms with Crippen molar-refractivity contribution in [3.63, 3.8) is 0 Å². The summed E-state index contributed by atoms with van der Waals surface area (Å²) < 4.78 is 11.3. The number of H-pyrrole nitrogens is 1. The van der Waals surface area contributed by atoms with Crippen molar-refractivity contribution in [2.75, 3.05) is 12.8 Å². The summed E-state index contributed by atoms with van der Waals surface area (Å²) in [4.78, 5) is 12.5. The van der Waals surface area contributed by atoms with Gasteiger partial charge >= 0.3 is 0 Å². The number of amides is 1. The number of fused-ring (bicyclic) bond motifs is 1. The van der Waals surface area contributed by atoms with Gasteiger partial charge in [0.2, 0.25) is 0 Å². The summed E-state index contributed by atoms with van der Waals surface area (Å²) in [5.74, 6) is 1.13. The van der Waals surface area contributed by atoms with Crippen LogP contribution < -0.4 is 20.5 Å². The Bertz CT molecular complexity index is 788. The zero-order chi connectivity index (χ0) is 17.5. The van der Waals surface area contributed by atoms with E-state index in [1.54, 1.807) is 7.11 Å². The minimum atomic E-state index is -0.420. The van der Waals surface area contributed by atoms with E-state index in [-0.39, 0.29) is 28.5 Å². The molecule has 24 heavy (non-hydrogen) atoms. The van der Waals surface area contributed by atoms with Crippen LogP contribution in [0.5, 0.6) is 11.5 Å². The molecule has 3 rings (SSSR count). The van der Waals surface area contributed by atoms with Crippen LogP contribution >= 0.6 is 11.6 Å². The molecule has 2 heterocycles. The predicted molar refractivity (Wildman–Crippen MR) is 90.5 cm³/mol. The molecule has 1 aliphatic heterocycles. The smallest absolute Gasteiger partial charge is 0.271 e. The average molecular weight is 351 g/mol. The first-order valence-electron chi connectivity index (χ1n) is 7.48. The summed E-state index contributed by atoms with van der Waals surface area (Å²) in [6, 6.07) is 5.27. The first-order valence-corrected chi connectivity index (χ1v) is 7.85. The normalized spacial score (nSPS) is 18.4. The third-order valence-corrected chi connectivity index (χ3v) is 4.32. The fourth-order valence-corrected chi connectivity index (χ4v) is 2.98. The molecule has 0 unspecified atom stereocenters. The number of nitrogens with two attached hydrogens (primary N) is 1. The molecular formula is C16H19ClN4O3. The van der Waals surface area contributed by atoms with Crippen LogP contribution in [-0.2, 0) is 0 Å². The van der Waals surface area contributed by atoms with E-state index in [0.717, 1.165) is 5.56 Å². The second-order valence-electron chi connectivity index (χ2n) is 6.29. The summed E-state index contributed by atoms with van der Waals surface area (Å²) in [6.45, 7) is 3.95. The van der Waals surface area contributed by atoms with Gasteiger partial charge in [-0.3, -0.25) is 9.89 Å². The van der Waals surface area contributed by atoms with Gasteiger partial charge in [0.1, 0.15) is 27.8 Å². The number of anilines is 1. The fraction of sp³-hybridized carbons (Fsp3) is 0.375. The van der Waals surface area contributed by atoms with Crippen LogP contribution in [0.4, 0.5) is 5.82 Å². The zero-order valence-corrected chi connectivity index (χ0v) is 14.4. The first-order chi connectivity index (χ1) is 11.3. The van der Waals surface area contributed by atoms with Gasteiger partial charge in [-0.15, -0.1) is 0 Å². The molecule has 0 aliphatic carbocycles. The first kappa shape index (κ1) is 16.4. The number of ether oxygens (including phenoxy) is 2. The molecule has 1 aromatic carbocycles. The van der Waals surface area contributed by atoms with Gasteiger partial charge in [0.05, 0.1) is 13.2 Å². The molecule has 0 saturated carbocycles. The highest BCUT2D eigenvalue weighted by Crippen LogP contribution is 2.41. The van der Waals surface area contributed by atoms with E-state index in [1.807, 2.05) is 32.0 Å². The second-order valence-corrected chi connectivity index (χ2v) is 6.67. The summed E-state index contributed by atoms with van der Waals surface area (Å²) in [5.41, 5.74) is 6.15. The molecular weight excluding hydrogens is 332 g/mol. The predicted octanol–water partition coefficient (Wildman–Crippen LogP) is 2.69. The quantitative estimate of drug-likeness (QED) is 0.789. The molecule has 7 nitrogen and oxygen atoms in total. The van der Waals surface area contributed by atoms with Crippen LogP contribution in [0.2, 0.25) is 5.02 Å². The van der Waals surface area contributed by atoms with Gasteiger partial charge in [-0.05, 0) is 32.0 Å². The molecule has 1 aliphatic rings. The molecule has 8 heteroatoms. The van der Waals surface area contributed by atoms with Crippen molar-refractivity contribution in [3.05, 3.63) is 34.5 Å². The number of aromatic nitrogens is 2. The van der Waals surface area contributed by atoms with Crippen molar-refractivity contribution in [3.8, 4) is 11.5 Å². The number of nitrogens with one attached hydrogen (secondary N) is 2. The molecule has 2 aromatic rings. The number of carbonyl (C=O) groups is 1. The van der Waals surface area contributed by atoms with Crippen LogP contribution in [0.15, 0.2) is 18.2 Å². The maximum atomic E-state index is 12.5. The number of carbonyl (C=O) groups excluding carboxylic acids is 1. The maximum Gasteiger partial charge on any atom is 0.271 e. The largest absolute Gasteiger partial charge is 0.497 e. The van der Waals surface area contributed by atoms with E-state index in [9.17, 15) is 4.79 Å². The minimum Gasteiger partial charge on any atom is -0.497 e. The van der Waals surface area contributed by atoms with Crippen LogP contribution in [-0.4, -0.2) is 28.8 Å². The lowest BCUT2D eigenvalue weighted by atomic mass is 9.89. The molecule has 128 valence electrons. The van der Waals surface area contributed by atoms with Crippen molar-refractivity contribution in [1.29, 1.82) is 0 Å². The topological polar surface area (TPSA) is 102 Å². The summed E-state index contributed by atoms with van der Waals surface area (Å²) in [7, 11) is 1.59. The van der Waals surface area contributed by atoms with E-state index < -0.39 is 5.60 Å². The highest BCUT2D eigenvalue weighted by molar-refractivity contribution is 6.35. The molecule has 0 fully saturated rings.